The molecule has 1 amide bonds. The molecule has 0 fully saturated rings. The molecule has 5 heteroatoms. The van der Waals surface area contributed by atoms with Crippen molar-refractivity contribution in [3.05, 3.63) is 52.9 Å². The predicted molar refractivity (Wildman–Crippen MR) is 71.6 cm³/mol. The van der Waals surface area contributed by atoms with E-state index in [0.717, 1.165) is 12.0 Å². The van der Waals surface area contributed by atoms with Gasteiger partial charge in [-0.25, -0.2) is 0 Å². The first-order valence-electron chi connectivity index (χ1n) is 6.18. The molecule has 1 aromatic carbocycles. The fourth-order valence-corrected chi connectivity index (χ4v) is 1.74. The maximum absolute atomic E-state index is 11.8. The van der Waals surface area contributed by atoms with Gasteiger partial charge >= 0.3 is 0 Å². The monoisotopic (exact) mass is 259 g/mol. The van der Waals surface area contributed by atoms with Crippen molar-refractivity contribution in [3.8, 4) is 0 Å². The third kappa shape index (κ3) is 3.66. The zero-order valence-electron chi connectivity index (χ0n) is 10.8. The van der Waals surface area contributed by atoms with Gasteiger partial charge < -0.3 is 15.6 Å². The summed E-state index contributed by atoms with van der Waals surface area (Å²) in [5, 5.41) is 6.46. The first-order valence-corrected chi connectivity index (χ1v) is 6.18. The Morgan fingerprint density at radius 3 is 2.58 bits per heavy atom. The number of carbonyl (C=O) groups is 1. The summed E-state index contributed by atoms with van der Waals surface area (Å²) in [6.07, 6.45) is 0.866. The van der Waals surface area contributed by atoms with Crippen LogP contribution in [0.2, 0.25) is 0 Å². The quantitative estimate of drug-likeness (QED) is 0.850. The van der Waals surface area contributed by atoms with Crippen LogP contribution < -0.4 is 11.1 Å². The van der Waals surface area contributed by atoms with Crippen LogP contribution in [0.3, 0.4) is 0 Å². The summed E-state index contributed by atoms with van der Waals surface area (Å²) in [7, 11) is 0. The molecule has 0 bridgehead atoms. The molecular weight excluding hydrogens is 242 g/mol. The lowest BCUT2D eigenvalue weighted by atomic mass is 10.1. The maximum Gasteiger partial charge on any atom is 0.273 e. The molecule has 2 rings (SSSR count). The largest absolute Gasteiger partial charge is 0.361 e. The van der Waals surface area contributed by atoms with E-state index in [1.807, 2.05) is 24.3 Å². The van der Waals surface area contributed by atoms with Crippen LogP contribution in [-0.4, -0.2) is 17.6 Å². The predicted octanol–water partition coefficient (Wildman–Crippen LogP) is 1.41. The van der Waals surface area contributed by atoms with Crippen molar-refractivity contribution in [1.82, 2.24) is 10.5 Å². The molecule has 0 aliphatic rings. The average Bonchev–Trinajstić information content (AvgIpc) is 2.85. The van der Waals surface area contributed by atoms with Gasteiger partial charge in [-0.15, -0.1) is 0 Å². The van der Waals surface area contributed by atoms with E-state index in [4.69, 9.17) is 10.3 Å². The third-order valence-electron chi connectivity index (χ3n) is 2.77. The van der Waals surface area contributed by atoms with Crippen LogP contribution in [0.4, 0.5) is 0 Å². The summed E-state index contributed by atoms with van der Waals surface area (Å²) in [4.78, 5) is 11.8. The molecule has 0 aliphatic heterocycles. The Labute approximate surface area is 111 Å². The number of hydrogen-bond donors (Lipinski definition) is 2. The number of rotatable bonds is 5. The Morgan fingerprint density at radius 2 is 2.00 bits per heavy atom. The van der Waals surface area contributed by atoms with Crippen LogP contribution in [0, 0.1) is 6.92 Å². The molecule has 0 unspecified atom stereocenters. The second kappa shape index (κ2) is 6.15. The molecule has 0 spiro atoms. The van der Waals surface area contributed by atoms with Crippen molar-refractivity contribution in [1.29, 1.82) is 0 Å². The Bertz CT molecular complexity index is 546. The minimum absolute atomic E-state index is 0.233. The van der Waals surface area contributed by atoms with E-state index >= 15 is 0 Å². The van der Waals surface area contributed by atoms with Crippen LogP contribution >= 0.6 is 0 Å². The Morgan fingerprint density at radius 1 is 1.32 bits per heavy atom. The van der Waals surface area contributed by atoms with Crippen molar-refractivity contribution in [2.45, 2.75) is 19.9 Å². The SMILES string of the molecule is Cc1cc(C(=O)NCc2ccc(CCN)cc2)no1. The molecule has 0 saturated heterocycles. The van der Waals surface area contributed by atoms with Gasteiger partial charge in [-0.3, -0.25) is 4.79 Å². The lowest BCUT2D eigenvalue weighted by molar-refractivity contribution is 0.0942. The third-order valence-corrected chi connectivity index (χ3v) is 2.77. The van der Waals surface area contributed by atoms with E-state index in [1.54, 1.807) is 13.0 Å². The summed E-state index contributed by atoms with van der Waals surface area (Å²) < 4.78 is 4.86. The van der Waals surface area contributed by atoms with Crippen LogP contribution in [0.5, 0.6) is 0 Å². The van der Waals surface area contributed by atoms with Crippen molar-refractivity contribution in [3.63, 3.8) is 0 Å². The van der Waals surface area contributed by atoms with Gasteiger partial charge in [0.25, 0.3) is 5.91 Å². The summed E-state index contributed by atoms with van der Waals surface area (Å²) >= 11 is 0. The zero-order valence-corrected chi connectivity index (χ0v) is 10.8. The molecule has 100 valence electrons. The molecule has 0 saturated carbocycles. The van der Waals surface area contributed by atoms with Crippen molar-refractivity contribution in [2.75, 3.05) is 6.54 Å². The topological polar surface area (TPSA) is 81.2 Å². The van der Waals surface area contributed by atoms with E-state index < -0.39 is 0 Å². The van der Waals surface area contributed by atoms with E-state index in [2.05, 4.69) is 10.5 Å². The van der Waals surface area contributed by atoms with E-state index in [9.17, 15) is 4.79 Å². The smallest absolute Gasteiger partial charge is 0.273 e. The average molecular weight is 259 g/mol. The molecule has 1 aromatic heterocycles. The molecule has 3 N–H and O–H groups in total. The van der Waals surface area contributed by atoms with Crippen molar-refractivity contribution in [2.24, 2.45) is 5.73 Å². The number of aryl methyl sites for hydroxylation is 1. The maximum atomic E-state index is 11.8. The fraction of sp³-hybridized carbons (Fsp3) is 0.286. The van der Waals surface area contributed by atoms with Gasteiger partial charge in [0.05, 0.1) is 0 Å². The zero-order chi connectivity index (χ0) is 13.7. The van der Waals surface area contributed by atoms with E-state index in [0.29, 0.717) is 24.5 Å². The molecule has 0 aliphatic carbocycles. The highest BCUT2D eigenvalue weighted by molar-refractivity contribution is 5.92. The summed E-state index contributed by atoms with van der Waals surface area (Å²) in [6.45, 7) is 2.86. The first-order chi connectivity index (χ1) is 9.19. The van der Waals surface area contributed by atoms with Gasteiger partial charge in [0.2, 0.25) is 0 Å². The van der Waals surface area contributed by atoms with Crippen LogP contribution in [0.15, 0.2) is 34.9 Å². The van der Waals surface area contributed by atoms with E-state index in [-0.39, 0.29) is 5.91 Å². The second-order valence-corrected chi connectivity index (χ2v) is 4.36. The molecule has 0 atom stereocenters. The van der Waals surface area contributed by atoms with Gasteiger partial charge in [0, 0.05) is 12.6 Å². The number of nitrogens with two attached hydrogens (primary N) is 1. The first kappa shape index (κ1) is 13.3. The number of nitrogens with zero attached hydrogens (tertiary/aromatic N) is 1. The number of amides is 1. The van der Waals surface area contributed by atoms with Gasteiger partial charge in [-0.05, 0) is 31.0 Å². The van der Waals surface area contributed by atoms with Crippen molar-refractivity contribution >= 4 is 5.91 Å². The second-order valence-electron chi connectivity index (χ2n) is 4.36. The standard InChI is InChI=1S/C14H17N3O2/c1-10-8-13(17-19-10)14(18)16-9-12-4-2-11(3-5-12)6-7-15/h2-5,8H,6-7,9,15H2,1H3,(H,16,18). The van der Waals surface area contributed by atoms with Crippen LogP contribution in [0.25, 0.3) is 0 Å². The minimum atomic E-state index is -0.233. The van der Waals surface area contributed by atoms with Gasteiger partial charge in [-0.1, -0.05) is 29.4 Å². The summed E-state index contributed by atoms with van der Waals surface area (Å²) in [6, 6.07) is 9.63. The fourth-order valence-electron chi connectivity index (χ4n) is 1.74. The van der Waals surface area contributed by atoms with Crippen molar-refractivity contribution < 1.29 is 9.32 Å². The number of nitrogens with one attached hydrogen (secondary N) is 1. The highest BCUT2D eigenvalue weighted by Gasteiger charge is 2.09. The summed E-state index contributed by atoms with van der Waals surface area (Å²) in [5.41, 5.74) is 8.03. The Hall–Kier alpha value is -2.14. The molecule has 2 aromatic rings. The number of aromatic nitrogens is 1. The van der Waals surface area contributed by atoms with Gasteiger partial charge in [0.15, 0.2) is 5.69 Å². The van der Waals surface area contributed by atoms with Gasteiger partial charge in [0.1, 0.15) is 5.76 Å². The minimum Gasteiger partial charge on any atom is -0.361 e. The highest BCUT2D eigenvalue weighted by atomic mass is 16.5. The number of benzene rings is 1. The molecule has 0 radical (unpaired) electrons. The molecular formula is C14H17N3O2. The lowest BCUT2D eigenvalue weighted by Crippen LogP contribution is -2.23. The molecule has 5 nitrogen and oxygen atoms in total. The highest BCUT2D eigenvalue weighted by Crippen LogP contribution is 2.06. The van der Waals surface area contributed by atoms with E-state index in [1.165, 1.54) is 5.56 Å². The number of carbonyl (C=O) groups excluding carboxylic acids is 1. The Kier molecular flexibility index (Phi) is 4.30. The normalized spacial score (nSPS) is 10.4. The number of hydrogen-bond acceptors (Lipinski definition) is 4. The summed E-state index contributed by atoms with van der Waals surface area (Å²) in [5.74, 6) is 0.388. The van der Waals surface area contributed by atoms with Gasteiger partial charge in [-0.2, -0.15) is 0 Å². The van der Waals surface area contributed by atoms with Crippen LogP contribution in [0.1, 0.15) is 27.4 Å². The Balaban J connectivity index is 1.89. The molecule has 19 heavy (non-hydrogen) atoms. The molecule has 1 heterocycles. The van der Waals surface area contributed by atoms with Crippen LogP contribution in [-0.2, 0) is 13.0 Å². The lowest BCUT2D eigenvalue weighted by Gasteiger charge is -2.04.